The van der Waals surface area contributed by atoms with Crippen LogP contribution in [0.2, 0.25) is 0 Å². The van der Waals surface area contributed by atoms with E-state index < -0.39 is 23.5 Å². The van der Waals surface area contributed by atoms with Crippen LogP contribution < -0.4 is 65.5 Å². The Kier molecular flexibility index (Phi) is 20.7. The SMILES string of the molecule is CC(Nc1nc(N)nc(Nc2cc(C3CC3)[nH]n2)n1)c1ccc(F)cn1.CC(Nc1nc(N)nc(Nc2cc(C3CC3)[nH]n2)n1)c1ccccn1.CC(Nc1nc(N)nc(Nc2cc(C3CC3)[nH]n2)n1)c1ncc(F)cc1F.CC(Nc1nc(N)nc(Nc2cc(C3CC3)[nH]n2)n1)c1ncc(F)cn1. The van der Waals surface area contributed by atoms with E-state index >= 15 is 0 Å². The maximum absolute atomic E-state index is 13.9. The average molecular weight is 1420 g/mol. The number of nitrogens with two attached hydrogens (primary N) is 4. The number of anilines is 16. The molecule has 104 heavy (non-hydrogen) atoms. The number of nitrogens with zero attached hydrogens (tertiary/aromatic N) is 21. The number of aromatic amines is 4. The average Bonchev–Trinajstić information content (AvgIpc) is 1.70. The molecule has 4 saturated carbocycles. The summed E-state index contributed by atoms with van der Waals surface area (Å²) < 4.78 is 52.8. The van der Waals surface area contributed by atoms with Gasteiger partial charge in [0.05, 0.1) is 66.0 Å². The van der Waals surface area contributed by atoms with Crippen molar-refractivity contribution in [1.82, 2.24) is 126 Å². The van der Waals surface area contributed by atoms with Crippen molar-refractivity contribution >= 4 is 94.7 Å². The summed E-state index contributed by atoms with van der Waals surface area (Å²) in [4.78, 5) is 69.6. The number of rotatable bonds is 24. The molecule has 37 nitrogen and oxygen atoms in total. The molecule has 20 N–H and O–H groups in total. The maximum Gasteiger partial charge on any atom is 0.235 e. The van der Waals surface area contributed by atoms with E-state index in [1.54, 1.807) is 26.1 Å². The lowest BCUT2D eigenvalue weighted by molar-refractivity contribution is 0.549. The number of hydrogen-bond donors (Lipinski definition) is 16. The van der Waals surface area contributed by atoms with Crippen LogP contribution in [0.3, 0.4) is 0 Å². The number of pyridine rings is 3. The molecule has 12 aromatic rings. The normalized spacial score (nSPS) is 14.8. The maximum atomic E-state index is 13.9. The van der Waals surface area contributed by atoms with Crippen LogP contribution in [0.15, 0.2) is 91.6 Å². The first-order chi connectivity index (χ1) is 50.3. The van der Waals surface area contributed by atoms with Gasteiger partial charge >= 0.3 is 0 Å². The van der Waals surface area contributed by atoms with Crippen LogP contribution in [0.5, 0.6) is 0 Å². The molecule has 0 radical (unpaired) electrons. The largest absolute Gasteiger partial charge is 0.368 e. The van der Waals surface area contributed by atoms with Gasteiger partial charge in [-0.1, -0.05) is 6.07 Å². The first-order valence-electron chi connectivity index (χ1n) is 33.0. The van der Waals surface area contributed by atoms with Crippen LogP contribution in [-0.4, -0.2) is 126 Å². The van der Waals surface area contributed by atoms with Gasteiger partial charge < -0.3 is 65.5 Å². The molecule has 16 rings (SSSR count). The minimum atomic E-state index is -0.764. The van der Waals surface area contributed by atoms with Crippen molar-refractivity contribution in [1.29, 1.82) is 0 Å². The molecule has 12 aromatic heterocycles. The van der Waals surface area contributed by atoms with Crippen molar-refractivity contribution in [3.63, 3.8) is 0 Å². The van der Waals surface area contributed by atoms with Crippen LogP contribution >= 0.6 is 0 Å². The highest BCUT2D eigenvalue weighted by Crippen LogP contribution is 2.42. The number of nitrogens with one attached hydrogen (secondary N) is 12. The summed E-state index contributed by atoms with van der Waals surface area (Å²) in [7, 11) is 0. The molecule has 536 valence electrons. The van der Waals surface area contributed by atoms with Gasteiger partial charge in [-0.2, -0.15) is 80.2 Å². The zero-order valence-electron chi connectivity index (χ0n) is 56.1. The van der Waals surface area contributed by atoms with E-state index in [2.05, 4.69) is 168 Å². The fourth-order valence-electron chi connectivity index (χ4n) is 10.1. The van der Waals surface area contributed by atoms with E-state index in [4.69, 9.17) is 22.9 Å². The number of aromatic nitrogens is 25. The van der Waals surface area contributed by atoms with Gasteiger partial charge in [0, 0.05) is 83.0 Å². The Hall–Kier alpha value is -13.3. The minimum absolute atomic E-state index is 0.0207. The molecule has 0 spiro atoms. The summed E-state index contributed by atoms with van der Waals surface area (Å²) in [5.74, 6) is 5.10. The standard InChI is InChI=1S/C16H17F2N9.C16H18FN9.C16H19N9.C15H17FN10/c1-7(13-10(18)4-9(17)6-20-13)21-15-23-14(19)24-16(25-15)22-12-5-11(26-27-12)8-2-3-8;1-8(11-5-4-10(17)7-19-11)20-15-22-14(18)23-16(24-15)21-13-6-12(25-26-13)9-2-3-9;1-9(11-4-2-3-7-18-11)19-15-21-14(17)22-16(23-15)20-13-8-12(24-25-13)10-5-6-10;1-7(12-18-5-9(16)6-19-12)20-14-22-13(17)23-15(24-14)21-11-4-10(25-26-11)8-2-3-8/h4-8H,2-3H2,1H3,(H5,19,21,22,23,24,25,26,27);4-9H,2-3H2,1H3,(H5,18,20,21,22,23,24,25,26);2-4,7-10H,5-6H2,1H3,(H5,17,19,20,21,22,23,24,25);4-8H,2-3H2,1H3,(H5,17,20,21,22,23,24,25,26). The van der Waals surface area contributed by atoms with Gasteiger partial charge in [-0.15, -0.1) is 0 Å². The van der Waals surface area contributed by atoms with Crippen LogP contribution in [-0.2, 0) is 0 Å². The lowest BCUT2D eigenvalue weighted by atomic mass is 10.2. The third-order valence-electron chi connectivity index (χ3n) is 16.0. The lowest BCUT2D eigenvalue weighted by Gasteiger charge is -2.14. The van der Waals surface area contributed by atoms with Crippen molar-refractivity contribution in [2.75, 3.05) is 65.5 Å². The molecule has 0 bridgehead atoms. The highest BCUT2D eigenvalue weighted by Gasteiger charge is 2.29. The van der Waals surface area contributed by atoms with Crippen molar-refractivity contribution in [3.05, 3.63) is 161 Å². The lowest BCUT2D eigenvalue weighted by Crippen LogP contribution is -2.15. The molecule has 4 aliphatic rings. The smallest absolute Gasteiger partial charge is 0.235 e. The van der Waals surface area contributed by atoms with Gasteiger partial charge in [0.25, 0.3) is 0 Å². The highest BCUT2D eigenvalue weighted by atomic mass is 19.1. The molecule has 0 saturated heterocycles. The quantitative estimate of drug-likeness (QED) is 0.0250. The van der Waals surface area contributed by atoms with Gasteiger partial charge in [0.15, 0.2) is 29.1 Å². The summed E-state index contributed by atoms with van der Waals surface area (Å²) in [5.41, 5.74) is 29.0. The Morgan fingerprint density at radius 2 is 0.702 bits per heavy atom. The Balaban J connectivity index is 0.000000123. The van der Waals surface area contributed by atoms with Crippen molar-refractivity contribution in [2.45, 2.75) is 127 Å². The molecule has 0 amide bonds. The summed E-state index contributed by atoms with van der Waals surface area (Å²) in [6, 6.07) is 15.9. The van der Waals surface area contributed by atoms with Crippen molar-refractivity contribution in [3.8, 4) is 0 Å². The van der Waals surface area contributed by atoms with Gasteiger partial charge in [-0.25, -0.2) is 27.5 Å². The van der Waals surface area contributed by atoms with E-state index in [1.807, 2.05) is 56.3 Å². The van der Waals surface area contributed by atoms with Crippen LogP contribution in [0.25, 0.3) is 0 Å². The molecule has 12 heterocycles. The van der Waals surface area contributed by atoms with Gasteiger partial charge in [-0.05, 0) is 103 Å². The van der Waals surface area contributed by atoms with Gasteiger partial charge in [-0.3, -0.25) is 35.3 Å². The molecule has 41 heteroatoms. The van der Waals surface area contributed by atoms with E-state index in [0.29, 0.717) is 70.4 Å². The van der Waals surface area contributed by atoms with E-state index in [1.165, 1.54) is 44.6 Å². The van der Waals surface area contributed by atoms with E-state index in [9.17, 15) is 17.6 Å². The van der Waals surface area contributed by atoms with E-state index in [-0.39, 0.29) is 89.1 Å². The zero-order valence-corrected chi connectivity index (χ0v) is 56.1. The second-order valence-electron chi connectivity index (χ2n) is 24.7. The Bertz CT molecular complexity index is 4700. The molecular formula is C63H71F4N37. The van der Waals surface area contributed by atoms with Crippen LogP contribution in [0, 0.1) is 23.3 Å². The first-order valence-corrected chi connectivity index (χ1v) is 33.0. The number of H-pyrrole nitrogens is 4. The molecule has 4 atom stereocenters. The fourth-order valence-corrected chi connectivity index (χ4v) is 10.1. The zero-order chi connectivity index (χ0) is 72.4. The molecule has 0 aliphatic heterocycles. The van der Waals surface area contributed by atoms with Crippen LogP contribution in [0.4, 0.5) is 112 Å². The third-order valence-corrected chi connectivity index (χ3v) is 16.0. The van der Waals surface area contributed by atoms with Gasteiger partial charge in [0.1, 0.15) is 23.3 Å². The predicted molar refractivity (Wildman–Crippen MR) is 375 cm³/mol. The van der Waals surface area contributed by atoms with Crippen molar-refractivity contribution < 1.29 is 17.6 Å². The van der Waals surface area contributed by atoms with E-state index in [0.717, 1.165) is 72.2 Å². The molecule has 4 fully saturated rings. The summed E-state index contributed by atoms with van der Waals surface area (Å²) in [6.07, 6.45) is 15.5. The molecular weight excluding hydrogens is 1350 g/mol. The minimum Gasteiger partial charge on any atom is -0.368 e. The highest BCUT2D eigenvalue weighted by molar-refractivity contribution is 5.56. The summed E-state index contributed by atoms with van der Waals surface area (Å²) in [5, 5.41) is 53.0. The summed E-state index contributed by atoms with van der Waals surface area (Å²) >= 11 is 0. The molecule has 4 unspecified atom stereocenters. The number of halogens is 4. The molecule has 0 aromatic carbocycles. The fraction of sp³-hybridized carbons (Fsp3) is 0.317. The first kappa shape index (κ1) is 69.2. The van der Waals surface area contributed by atoms with Gasteiger partial charge in [0.2, 0.25) is 71.4 Å². The Morgan fingerprint density at radius 1 is 0.356 bits per heavy atom. The number of hydrogen-bond acceptors (Lipinski definition) is 33. The topological polar surface area (TPSA) is 534 Å². The molecule has 4 aliphatic carbocycles. The van der Waals surface area contributed by atoms with Crippen LogP contribution in [0.1, 0.15) is 173 Å². The van der Waals surface area contributed by atoms with Crippen molar-refractivity contribution in [2.24, 2.45) is 0 Å². The second kappa shape index (κ2) is 31.1. The summed E-state index contributed by atoms with van der Waals surface area (Å²) in [6.45, 7) is 7.29. The Labute approximate surface area is 588 Å². The monoisotopic (exact) mass is 1420 g/mol. The Morgan fingerprint density at radius 3 is 1.05 bits per heavy atom. The number of nitrogen functional groups attached to an aromatic ring is 4. The third kappa shape index (κ3) is 19.4. The second-order valence-corrected chi connectivity index (χ2v) is 24.7. The predicted octanol–water partition coefficient (Wildman–Crippen LogP) is 9.42.